The molecule has 0 atom stereocenters. The summed E-state index contributed by atoms with van der Waals surface area (Å²) >= 11 is 0. The first-order valence-corrected chi connectivity index (χ1v) is 5.29. The summed E-state index contributed by atoms with van der Waals surface area (Å²) in [5, 5.41) is 0. The first kappa shape index (κ1) is 10.7. The average Bonchev–Trinajstić information content (AvgIpc) is 2.29. The van der Waals surface area contributed by atoms with Crippen LogP contribution >= 0.6 is 0 Å². The number of aromatic nitrogens is 1. The van der Waals surface area contributed by atoms with Crippen LogP contribution in [0.4, 0.5) is 0 Å². The normalized spacial score (nSPS) is 10.2. The van der Waals surface area contributed by atoms with Gasteiger partial charge in [0.2, 0.25) is 0 Å². The lowest BCUT2D eigenvalue weighted by Crippen LogP contribution is -1.94. The van der Waals surface area contributed by atoms with Gasteiger partial charge in [-0.1, -0.05) is 18.2 Å². The van der Waals surface area contributed by atoms with E-state index in [1.807, 2.05) is 37.4 Å². The Morgan fingerprint density at radius 1 is 1.00 bits per heavy atom. The number of pyridine rings is 1. The molecule has 2 rings (SSSR count). The number of benzene rings is 1. The molecule has 1 aromatic heterocycles. The molecular formula is C14H15NO. The minimum Gasteiger partial charge on any atom is -0.496 e. The van der Waals surface area contributed by atoms with E-state index >= 15 is 0 Å². The van der Waals surface area contributed by atoms with Crippen LogP contribution in [0.25, 0.3) is 11.3 Å². The summed E-state index contributed by atoms with van der Waals surface area (Å²) < 4.78 is 5.45. The van der Waals surface area contributed by atoms with Crippen molar-refractivity contribution < 1.29 is 4.74 Å². The van der Waals surface area contributed by atoms with Gasteiger partial charge in [-0.25, -0.2) is 0 Å². The van der Waals surface area contributed by atoms with Crippen molar-refractivity contribution in [1.82, 2.24) is 4.98 Å². The van der Waals surface area contributed by atoms with Crippen molar-refractivity contribution in [1.29, 1.82) is 0 Å². The highest BCUT2D eigenvalue weighted by atomic mass is 16.5. The predicted molar refractivity (Wildman–Crippen MR) is 65.7 cm³/mol. The Labute approximate surface area is 95.9 Å². The van der Waals surface area contributed by atoms with Gasteiger partial charge in [0.25, 0.3) is 0 Å². The van der Waals surface area contributed by atoms with Crippen molar-refractivity contribution in [3.63, 3.8) is 0 Å². The Morgan fingerprint density at radius 2 is 1.75 bits per heavy atom. The van der Waals surface area contributed by atoms with Crippen molar-refractivity contribution in [3.05, 3.63) is 47.7 Å². The fraction of sp³-hybridized carbons (Fsp3) is 0.214. The summed E-state index contributed by atoms with van der Waals surface area (Å²) in [6.45, 7) is 4.10. The Hall–Kier alpha value is -1.83. The molecule has 0 N–H and O–H groups in total. The molecule has 2 heteroatoms. The third-order valence-corrected chi connectivity index (χ3v) is 2.68. The molecule has 0 saturated heterocycles. The number of aryl methyl sites for hydroxylation is 2. The molecule has 0 aliphatic carbocycles. The minimum absolute atomic E-state index is 0.907. The van der Waals surface area contributed by atoms with Gasteiger partial charge in [-0.05, 0) is 37.1 Å². The van der Waals surface area contributed by atoms with Crippen molar-refractivity contribution in [2.75, 3.05) is 7.11 Å². The second-order valence-corrected chi connectivity index (χ2v) is 3.82. The maximum atomic E-state index is 5.45. The van der Waals surface area contributed by atoms with E-state index in [1.54, 1.807) is 7.11 Å². The van der Waals surface area contributed by atoms with Crippen LogP contribution in [0.3, 0.4) is 0 Å². The van der Waals surface area contributed by atoms with Crippen LogP contribution in [0, 0.1) is 13.8 Å². The van der Waals surface area contributed by atoms with Crippen molar-refractivity contribution in [2.24, 2.45) is 0 Å². The van der Waals surface area contributed by atoms with Gasteiger partial charge in [0.15, 0.2) is 0 Å². The van der Waals surface area contributed by atoms with Gasteiger partial charge in [0.05, 0.1) is 12.8 Å². The Balaban J connectivity index is 2.65. The van der Waals surface area contributed by atoms with Gasteiger partial charge in [-0.15, -0.1) is 0 Å². The van der Waals surface area contributed by atoms with Crippen LogP contribution in [0.2, 0.25) is 0 Å². The molecule has 1 heterocycles. The predicted octanol–water partition coefficient (Wildman–Crippen LogP) is 3.37. The molecule has 1 aromatic carbocycles. The molecule has 2 aromatic rings. The molecule has 0 saturated carbocycles. The van der Waals surface area contributed by atoms with Crippen LogP contribution in [-0.4, -0.2) is 12.1 Å². The average molecular weight is 213 g/mol. The van der Waals surface area contributed by atoms with E-state index in [2.05, 4.69) is 18.0 Å². The highest BCUT2D eigenvalue weighted by Gasteiger charge is 2.10. The maximum Gasteiger partial charge on any atom is 0.131 e. The van der Waals surface area contributed by atoms with Crippen molar-refractivity contribution >= 4 is 0 Å². The molecule has 0 bridgehead atoms. The lowest BCUT2D eigenvalue weighted by Gasteiger charge is -2.12. The minimum atomic E-state index is 0.907. The topological polar surface area (TPSA) is 22.1 Å². The van der Waals surface area contributed by atoms with Gasteiger partial charge < -0.3 is 4.74 Å². The summed E-state index contributed by atoms with van der Waals surface area (Å²) in [6.07, 6.45) is 1.81. The zero-order valence-electron chi connectivity index (χ0n) is 9.82. The monoisotopic (exact) mass is 213 g/mol. The zero-order valence-corrected chi connectivity index (χ0v) is 9.82. The lowest BCUT2D eigenvalue weighted by atomic mass is 10.0. The van der Waals surface area contributed by atoms with Crippen LogP contribution in [0.1, 0.15) is 11.1 Å². The number of ether oxygens (including phenoxy) is 1. The number of hydrogen-bond acceptors (Lipinski definition) is 2. The zero-order chi connectivity index (χ0) is 11.5. The second-order valence-electron chi connectivity index (χ2n) is 3.82. The molecule has 16 heavy (non-hydrogen) atoms. The van der Waals surface area contributed by atoms with Crippen molar-refractivity contribution in [3.8, 4) is 17.0 Å². The largest absolute Gasteiger partial charge is 0.496 e. The molecule has 0 aliphatic rings. The molecule has 0 aliphatic heterocycles. The summed E-state index contributed by atoms with van der Waals surface area (Å²) in [6, 6.07) is 10.1. The van der Waals surface area contributed by atoms with Gasteiger partial charge in [-0.2, -0.15) is 0 Å². The highest BCUT2D eigenvalue weighted by Crippen LogP contribution is 2.32. The SMILES string of the molecule is COc1c(C)cccc1-c1ncccc1C. The van der Waals surface area contributed by atoms with Crippen molar-refractivity contribution in [2.45, 2.75) is 13.8 Å². The standard InChI is InChI=1S/C14H15NO/c1-10-7-5-9-15-13(10)12-8-4-6-11(2)14(12)16-3/h4-9H,1-3H3. The van der Waals surface area contributed by atoms with E-state index in [0.29, 0.717) is 0 Å². The summed E-state index contributed by atoms with van der Waals surface area (Å²) in [5.41, 5.74) is 4.33. The lowest BCUT2D eigenvalue weighted by molar-refractivity contribution is 0.413. The summed E-state index contributed by atoms with van der Waals surface area (Å²) in [7, 11) is 1.70. The Bertz CT molecular complexity index is 506. The van der Waals surface area contributed by atoms with E-state index in [9.17, 15) is 0 Å². The maximum absolute atomic E-state index is 5.45. The van der Waals surface area contributed by atoms with Gasteiger partial charge in [0, 0.05) is 11.8 Å². The first-order chi connectivity index (χ1) is 7.74. The quantitative estimate of drug-likeness (QED) is 0.763. The number of methoxy groups -OCH3 is 1. The molecule has 0 unspecified atom stereocenters. The van der Waals surface area contributed by atoms with Crippen LogP contribution in [-0.2, 0) is 0 Å². The first-order valence-electron chi connectivity index (χ1n) is 5.29. The van der Waals surface area contributed by atoms with E-state index in [-0.39, 0.29) is 0 Å². The molecule has 0 radical (unpaired) electrons. The highest BCUT2D eigenvalue weighted by molar-refractivity contribution is 5.71. The van der Waals surface area contributed by atoms with Gasteiger partial charge in [-0.3, -0.25) is 4.98 Å². The fourth-order valence-electron chi connectivity index (χ4n) is 1.88. The summed E-state index contributed by atoms with van der Waals surface area (Å²) in [5.74, 6) is 0.907. The van der Waals surface area contributed by atoms with Gasteiger partial charge >= 0.3 is 0 Å². The molecular weight excluding hydrogens is 198 g/mol. The summed E-state index contributed by atoms with van der Waals surface area (Å²) in [4.78, 5) is 4.42. The van der Waals surface area contributed by atoms with E-state index in [4.69, 9.17) is 4.74 Å². The molecule has 82 valence electrons. The van der Waals surface area contributed by atoms with E-state index in [1.165, 1.54) is 0 Å². The molecule has 2 nitrogen and oxygen atoms in total. The van der Waals surface area contributed by atoms with E-state index in [0.717, 1.165) is 28.1 Å². The van der Waals surface area contributed by atoms with Crippen LogP contribution in [0.5, 0.6) is 5.75 Å². The second kappa shape index (κ2) is 4.35. The molecule has 0 amide bonds. The Kier molecular flexibility index (Phi) is 2.91. The third kappa shape index (κ3) is 1.78. The van der Waals surface area contributed by atoms with Crippen LogP contribution < -0.4 is 4.74 Å². The Morgan fingerprint density at radius 3 is 2.44 bits per heavy atom. The number of rotatable bonds is 2. The third-order valence-electron chi connectivity index (χ3n) is 2.68. The molecule has 0 fully saturated rings. The number of nitrogens with zero attached hydrogens (tertiary/aromatic N) is 1. The number of para-hydroxylation sites is 1. The van der Waals surface area contributed by atoms with Crippen LogP contribution in [0.15, 0.2) is 36.5 Å². The van der Waals surface area contributed by atoms with E-state index < -0.39 is 0 Å². The van der Waals surface area contributed by atoms with Gasteiger partial charge in [0.1, 0.15) is 5.75 Å². The molecule has 0 spiro atoms. The number of hydrogen-bond donors (Lipinski definition) is 0. The fourth-order valence-corrected chi connectivity index (χ4v) is 1.88. The smallest absolute Gasteiger partial charge is 0.131 e.